The molecule has 0 N–H and O–H groups in total. The second-order valence-corrected chi connectivity index (χ2v) is 3.16. The molecule has 0 amide bonds. The van der Waals surface area contributed by atoms with Crippen LogP contribution in [0.25, 0.3) is 0 Å². The summed E-state index contributed by atoms with van der Waals surface area (Å²) in [7, 11) is 0. The Morgan fingerprint density at radius 3 is 2.85 bits per heavy atom. The standard InChI is InChI=1S/C9H14N3O/c1-2-10-12(3-1)5-4-11-6-8-13-9-7-11/h2-3H,4-9H2. The predicted octanol–water partition coefficient (Wildman–Crippen LogP) is 0.0155. The van der Waals surface area contributed by atoms with Crippen molar-refractivity contribution in [3.05, 3.63) is 18.5 Å². The van der Waals surface area contributed by atoms with Crippen LogP contribution in [-0.2, 0) is 11.3 Å². The maximum absolute atomic E-state index is 5.27. The Balaban J connectivity index is 1.72. The molecule has 0 aliphatic carbocycles. The molecule has 4 nitrogen and oxygen atoms in total. The molecule has 0 spiro atoms. The smallest absolute Gasteiger partial charge is 0.0594 e. The molecule has 1 fully saturated rings. The van der Waals surface area contributed by atoms with Gasteiger partial charge < -0.3 is 4.74 Å². The lowest BCUT2D eigenvalue weighted by molar-refractivity contribution is 0.0360. The summed E-state index contributed by atoms with van der Waals surface area (Å²) in [5.74, 6) is 0. The highest BCUT2D eigenvalue weighted by atomic mass is 16.5. The molecule has 0 saturated carbocycles. The third-order valence-electron chi connectivity index (χ3n) is 2.25. The molecule has 1 aromatic heterocycles. The fraction of sp³-hybridized carbons (Fsp3) is 0.667. The molecule has 1 aliphatic heterocycles. The summed E-state index contributed by atoms with van der Waals surface area (Å²) in [5.41, 5.74) is 0. The van der Waals surface area contributed by atoms with E-state index >= 15 is 0 Å². The molecule has 13 heavy (non-hydrogen) atoms. The molecule has 0 bridgehead atoms. The molecule has 71 valence electrons. The minimum Gasteiger partial charge on any atom is -0.379 e. The van der Waals surface area contributed by atoms with E-state index < -0.39 is 0 Å². The van der Waals surface area contributed by atoms with Crippen LogP contribution >= 0.6 is 0 Å². The average molecular weight is 180 g/mol. The van der Waals surface area contributed by atoms with Gasteiger partial charge in [-0.15, -0.1) is 0 Å². The molecular weight excluding hydrogens is 166 g/mol. The van der Waals surface area contributed by atoms with E-state index in [4.69, 9.17) is 4.74 Å². The van der Waals surface area contributed by atoms with Crippen LogP contribution in [0.5, 0.6) is 0 Å². The SMILES string of the molecule is [c]1cnn(CCN2CCOCC2)c1. The number of hydrogen-bond acceptors (Lipinski definition) is 3. The van der Waals surface area contributed by atoms with Crippen molar-refractivity contribution in [1.29, 1.82) is 0 Å². The van der Waals surface area contributed by atoms with Gasteiger partial charge >= 0.3 is 0 Å². The Labute approximate surface area is 78.1 Å². The molecule has 2 rings (SSSR count). The minimum atomic E-state index is 0.866. The summed E-state index contributed by atoms with van der Waals surface area (Å²) >= 11 is 0. The highest BCUT2D eigenvalue weighted by molar-refractivity contribution is 4.75. The van der Waals surface area contributed by atoms with Gasteiger partial charge in [0.15, 0.2) is 0 Å². The first-order valence-electron chi connectivity index (χ1n) is 4.64. The van der Waals surface area contributed by atoms with Gasteiger partial charge in [0, 0.05) is 31.9 Å². The van der Waals surface area contributed by atoms with Gasteiger partial charge in [0.05, 0.1) is 26.0 Å². The summed E-state index contributed by atoms with van der Waals surface area (Å²) in [6, 6.07) is 2.93. The number of ether oxygens (including phenoxy) is 1. The second kappa shape index (κ2) is 4.39. The predicted molar refractivity (Wildman–Crippen MR) is 48.3 cm³/mol. The third kappa shape index (κ3) is 2.54. The van der Waals surface area contributed by atoms with Crippen molar-refractivity contribution >= 4 is 0 Å². The van der Waals surface area contributed by atoms with E-state index in [1.807, 2.05) is 10.9 Å². The van der Waals surface area contributed by atoms with E-state index in [9.17, 15) is 0 Å². The molecule has 0 unspecified atom stereocenters. The number of hydrogen-bond donors (Lipinski definition) is 0. The lowest BCUT2D eigenvalue weighted by atomic mass is 10.4. The number of rotatable bonds is 3. The maximum Gasteiger partial charge on any atom is 0.0594 e. The largest absolute Gasteiger partial charge is 0.379 e. The van der Waals surface area contributed by atoms with E-state index in [2.05, 4.69) is 16.1 Å². The molecule has 0 atom stereocenters. The summed E-state index contributed by atoms with van der Waals surface area (Å²) in [5, 5.41) is 4.10. The third-order valence-corrected chi connectivity index (χ3v) is 2.25. The maximum atomic E-state index is 5.27. The van der Waals surface area contributed by atoms with Crippen molar-refractivity contribution < 1.29 is 4.74 Å². The van der Waals surface area contributed by atoms with Crippen LogP contribution in [0.1, 0.15) is 0 Å². The molecule has 1 radical (unpaired) electrons. The van der Waals surface area contributed by atoms with Crippen LogP contribution in [0.4, 0.5) is 0 Å². The lowest BCUT2D eigenvalue weighted by Crippen LogP contribution is -2.38. The zero-order chi connectivity index (χ0) is 8.93. The molecule has 2 heterocycles. The summed E-state index contributed by atoms with van der Waals surface area (Å²) < 4.78 is 7.18. The Hall–Kier alpha value is -0.870. The first-order valence-corrected chi connectivity index (χ1v) is 4.64. The quantitative estimate of drug-likeness (QED) is 0.656. The molecule has 1 aromatic rings. The Bertz CT molecular complexity index is 229. The monoisotopic (exact) mass is 180 g/mol. The van der Waals surface area contributed by atoms with Crippen LogP contribution in [0.3, 0.4) is 0 Å². The van der Waals surface area contributed by atoms with E-state index in [-0.39, 0.29) is 0 Å². The zero-order valence-electron chi connectivity index (χ0n) is 7.65. The van der Waals surface area contributed by atoms with E-state index in [1.165, 1.54) is 0 Å². The topological polar surface area (TPSA) is 30.3 Å². The Kier molecular flexibility index (Phi) is 2.94. The Morgan fingerprint density at radius 1 is 1.31 bits per heavy atom. The molecule has 0 aromatic carbocycles. The fourth-order valence-electron chi connectivity index (χ4n) is 1.45. The molecular formula is C9H14N3O. The van der Waals surface area contributed by atoms with Gasteiger partial charge in [0.1, 0.15) is 0 Å². The van der Waals surface area contributed by atoms with Crippen LogP contribution in [0.15, 0.2) is 12.4 Å². The van der Waals surface area contributed by atoms with Crippen LogP contribution < -0.4 is 0 Å². The normalized spacial score (nSPS) is 19.1. The minimum absolute atomic E-state index is 0.866. The van der Waals surface area contributed by atoms with Crippen LogP contribution in [0.2, 0.25) is 0 Å². The van der Waals surface area contributed by atoms with Crippen molar-refractivity contribution in [2.24, 2.45) is 0 Å². The highest BCUT2D eigenvalue weighted by Crippen LogP contribution is 1.96. The van der Waals surface area contributed by atoms with Crippen molar-refractivity contribution in [3.63, 3.8) is 0 Å². The first kappa shape index (κ1) is 8.72. The van der Waals surface area contributed by atoms with Crippen molar-refractivity contribution in [1.82, 2.24) is 14.7 Å². The molecule has 4 heteroatoms. The van der Waals surface area contributed by atoms with Crippen molar-refractivity contribution in [3.8, 4) is 0 Å². The highest BCUT2D eigenvalue weighted by Gasteiger charge is 2.09. The fourth-order valence-corrected chi connectivity index (χ4v) is 1.45. The van der Waals surface area contributed by atoms with Crippen LogP contribution in [-0.4, -0.2) is 47.5 Å². The van der Waals surface area contributed by atoms with Gasteiger partial charge in [-0.25, -0.2) is 0 Å². The Morgan fingerprint density at radius 2 is 2.15 bits per heavy atom. The van der Waals surface area contributed by atoms with Gasteiger partial charge in [0.2, 0.25) is 0 Å². The van der Waals surface area contributed by atoms with E-state index in [0.717, 1.165) is 39.4 Å². The van der Waals surface area contributed by atoms with E-state index in [0.29, 0.717) is 0 Å². The van der Waals surface area contributed by atoms with Gasteiger partial charge in [-0.1, -0.05) is 0 Å². The first-order chi connectivity index (χ1) is 6.45. The number of morpholine rings is 1. The number of aromatic nitrogens is 2. The number of nitrogens with zero attached hydrogens (tertiary/aromatic N) is 3. The zero-order valence-corrected chi connectivity index (χ0v) is 7.65. The summed E-state index contributed by atoms with van der Waals surface area (Å²) in [6.07, 6.45) is 3.57. The van der Waals surface area contributed by atoms with E-state index in [1.54, 1.807) is 6.20 Å². The molecule has 1 saturated heterocycles. The van der Waals surface area contributed by atoms with Gasteiger partial charge in [-0.3, -0.25) is 9.58 Å². The second-order valence-electron chi connectivity index (χ2n) is 3.16. The summed E-state index contributed by atoms with van der Waals surface area (Å²) in [4.78, 5) is 2.39. The average Bonchev–Trinajstić information content (AvgIpc) is 2.69. The summed E-state index contributed by atoms with van der Waals surface area (Å²) in [6.45, 7) is 5.83. The lowest BCUT2D eigenvalue weighted by Gasteiger charge is -2.26. The van der Waals surface area contributed by atoms with Crippen molar-refractivity contribution in [2.75, 3.05) is 32.8 Å². The molecule has 1 aliphatic rings. The van der Waals surface area contributed by atoms with Gasteiger partial charge in [-0.2, -0.15) is 5.10 Å². The van der Waals surface area contributed by atoms with Crippen molar-refractivity contribution in [2.45, 2.75) is 6.54 Å². The van der Waals surface area contributed by atoms with Gasteiger partial charge in [0.25, 0.3) is 0 Å². The van der Waals surface area contributed by atoms with Gasteiger partial charge in [-0.05, 0) is 0 Å². The van der Waals surface area contributed by atoms with Crippen LogP contribution in [0, 0.1) is 6.07 Å².